The highest BCUT2D eigenvalue weighted by molar-refractivity contribution is 9.10. The van der Waals surface area contributed by atoms with Crippen LogP contribution in [-0.2, 0) is 4.79 Å². The third-order valence-corrected chi connectivity index (χ3v) is 3.55. The number of amidine groups is 1. The highest BCUT2D eigenvalue weighted by Gasteiger charge is 2.12. The molecule has 0 spiro atoms. The highest BCUT2D eigenvalue weighted by atomic mass is 79.9. The molecule has 0 saturated heterocycles. The lowest BCUT2D eigenvalue weighted by atomic mass is 10.3. The maximum absolute atomic E-state index is 11.4. The number of rotatable bonds is 3. The summed E-state index contributed by atoms with van der Waals surface area (Å²) in [6.07, 6.45) is -0.236. The second kappa shape index (κ2) is 6.09. The average Bonchev–Trinajstić information content (AvgIpc) is 2.29. The Labute approximate surface area is 116 Å². The molecule has 5 nitrogen and oxygen atoms in total. The van der Waals surface area contributed by atoms with Crippen molar-refractivity contribution < 1.29 is 10.0 Å². The van der Waals surface area contributed by atoms with E-state index in [-0.39, 0.29) is 17.3 Å². The molecule has 17 heavy (non-hydrogen) atoms. The van der Waals surface area contributed by atoms with Gasteiger partial charge in [-0.25, -0.2) is 0 Å². The van der Waals surface area contributed by atoms with Crippen LogP contribution in [0.4, 0.5) is 5.69 Å². The standard InChI is InChI=1S/C9H8BrCl2N3O2/c10-4-1-2-5(9(12)8(4)11)14-7(16)3-6(13)15-17/h1-2,17H,3H2,(H2,13,15)(H,14,16). The van der Waals surface area contributed by atoms with E-state index < -0.39 is 5.91 Å². The molecule has 0 unspecified atom stereocenters. The van der Waals surface area contributed by atoms with E-state index in [0.717, 1.165) is 0 Å². The molecule has 0 aromatic heterocycles. The van der Waals surface area contributed by atoms with E-state index >= 15 is 0 Å². The Hall–Kier alpha value is -0.980. The first kappa shape index (κ1) is 14.1. The van der Waals surface area contributed by atoms with Crippen LogP contribution in [0.25, 0.3) is 0 Å². The molecular formula is C9H8BrCl2N3O2. The minimum Gasteiger partial charge on any atom is -0.409 e. The fraction of sp³-hybridized carbons (Fsp3) is 0.111. The zero-order valence-electron chi connectivity index (χ0n) is 8.38. The van der Waals surface area contributed by atoms with Crippen LogP contribution < -0.4 is 11.1 Å². The van der Waals surface area contributed by atoms with Gasteiger partial charge in [-0.15, -0.1) is 0 Å². The summed E-state index contributed by atoms with van der Waals surface area (Å²) in [5.74, 6) is -0.651. The van der Waals surface area contributed by atoms with E-state index in [0.29, 0.717) is 15.2 Å². The lowest BCUT2D eigenvalue weighted by Gasteiger charge is -2.08. The third kappa shape index (κ3) is 3.76. The van der Waals surface area contributed by atoms with Crippen LogP contribution in [0, 0.1) is 0 Å². The van der Waals surface area contributed by atoms with E-state index in [9.17, 15) is 4.79 Å². The first-order valence-corrected chi connectivity index (χ1v) is 5.90. The fourth-order valence-corrected chi connectivity index (χ4v) is 1.84. The SMILES string of the molecule is N/C(CC(=O)Nc1ccc(Br)c(Cl)c1Cl)=N/O. The lowest BCUT2D eigenvalue weighted by molar-refractivity contribution is -0.115. The van der Waals surface area contributed by atoms with Gasteiger partial charge >= 0.3 is 0 Å². The first-order valence-electron chi connectivity index (χ1n) is 4.35. The van der Waals surface area contributed by atoms with E-state index in [1.54, 1.807) is 12.1 Å². The molecule has 0 radical (unpaired) electrons. The first-order chi connectivity index (χ1) is 7.95. The van der Waals surface area contributed by atoms with Gasteiger partial charge in [0.15, 0.2) is 0 Å². The smallest absolute Gasteiger partial charge is 0.232 e. The van der Waals surface area contributed by atoms with Gasteiger partial charge in [0, 0.05) is 4.47 Å². The van der Waals surface area contributed by atoms with Crippen molar-refractivity contribution in [1.29, 1.82) is 0 Å². The summed E-state index contributed by atoms with van der Waals surface area (Å²) in [4.78, 5) is 11.4. The Morgan fingerprint density at radius 2 is 2.12 bits per heavy atom. The van der Waals surface area contributed by atoms with Crippen molar-refractivity contribution in [2.45, 2.75) is 6.42 Å². The van der Waals surface area contributed by atoms with Crippen LogP contribution in [0.3, 0.4) is 0 Å². The third-order valence-electron chi connectivity index (χ3n) is 1.78. The van der Waals surface area contributed by atoms with Crippen molar-refractivity contribution in [3.8, 4) is 0 Å². The lowest BCUT2D eigenvalue weighted by Crippen LogP contribution is -2.22. The number of hydrogen-bond donors (Lipinski definition) is 3. The van der Waals surface area contributed by atoms with E-state index in [2.05, 4.69) is 26.4 Å². The van der Waals surface area contributed by atoms with Gasteiger partial charge in [-0.2, -0.15) is 0 Å². The summed E-state index contributed by atoms with van der Waals surface area (Å²) >= 11 is 15.0. The number of amides is 1. The summed E-state index contributed by atoms with van der Waals surface area (Å²) in [6.45, 7) is 0. The Balaban J connectivity index is 2.83. The second-order valence-electron chi connectivity index (χ2n) is 3.04. The molecule has 8 heteroatoms. The molecule has 1 rings (SSSR count). The van der Waals surface area contributed by atoms with Gasteiger partial charge in [-0.3, -0.25) is 4.79 Å². The van der Waals surface area contributed by atoms with Crippen molar-refractivity contribution in [2.24, 2.45) is 10.9 Å². The molecule has 1 aromatic rings. The van der Waals surface area contributed by atoms with E-state index in [1.807, 2.05) is 0 Å². The Kier molecular flexibility index (Phi) is 5.04. The number of carbonyl (C=O) groups is 1. The zero-order chi connectivity index (χ0) is 13.0. The molecule has 0 saturated carbocycles. The van der Waals surface area contributed by atoms with E-state index in [4.69, 9.17) is 34.1 Å². The monoisotopic (exact) mass is 339 g/mol. The molecular weight excluding hydrogens is 333 g/mol. The Morgan fingerprint density at radius 3 is 2.71 bits per heavy atom. The van der Waals surface area contributed by atoms with Gasteiger partial charge in [0.05, 0.1) is 22.2 Å². The number of nitrogens with zero attached hydrogens (tertiary/aromatic N) is 1. The van der Waals surface area contributed by atoms with Crippen LogP contribution in [0.2, 0.25) is 10.0 Å². The number of carbonyl (C=O) groups excluding carboxylic acids is 1. The largest absolute Gasteiger partial charge is 0.409 e. The Bertz CT molecular complexity index is 480. The van der Waals surface area contributed by atoms with Crippen molar-refractivity contribution in [1.82, 2.24) is 0 Å². The van der Waals surface area contributed by atoms with Gasteiger partial charge in [-0.05, 0) is 28.1 Å². The molecule has 0 bridgehead atoms. The Morgan fingerprint density at radius 1 is 1.47 bits per heavy atom. The summed E-state index contributed by atoms with van der Waals surface area (Å²) < 4.78 is 0.624. The maximum Gasteiger partial charge on any atom is 0.232 e. The maximum atomic E-state index is 11.4. The fourth-order valence-electron chi connectivity index (χ4n) is 1.02. The summed E-state index contributed by atoms with van der Waals surface area (Å²) in [7, 11) is 0. The van der Waals surface area contributed by atoms with Crippen LogP contribution in [-0.4, -0.2) is 17.0 Å². The van der Waals surface area contributed by atoms with Crippen LogP contribution in [0.1, 0.15) is 6.42 Å². The topological polar surface area (TPSA) is 87.7 Å². The molecule has 1 amide bonds. The van der Waals surface area contributed by atoms with Crippen LogP contribution in [0.15, 0.2) is 21.8 Å². The van der Waals surface area contributed by atoms with Crippen molar-refractivity contribution >= 4 is 56.6 Å². The number of anilines is 1. The minimum atomic E-state index is -0.458. The number of hydrogen-bond acceptors (Lipinski definition) is 3. The van der Waals surface area contributed by atoms with Crippen LogP contribution in [0.5, 0.6) is 0 Å². The predicted octanol–water partition coefficient (Wildman–Crippen LogP) is 2.83. The van der Waals surface area contributed by atoms with Crippen molar-refractivity contribution in [3.05, 3.63) is 26.7 Å². The normalized spacial score (nSPS) is 11.4. The van der Waals surface area contributed by atoms with Crippen molar-refractivity contribution in [3.63, 3.8) is 0 Å². The summed E-state index contributed by atoms with van der Waals surface area (Å²) in [5, 5.41) is 14.0. The molecule has 4 N–H and O–H groups in total. The number of halogens is 3. The zero-order valence-corrected chi connectivity index (χ0v) is 11.5. The minimum absolute atomic E-state index is 0.193. The molecule has 1 aromatic carbocycles. The molecule has 0 aliphatic rings. The van der Waals surface area contributed by atoms with Crippen LogP contribution >= 0.6 is 39.1 Å². The highest BCUT2D eigenvalue weighted by Crippen LogP contribution is 2.35. The van der Waals surface area contributed by atoms with Gasteiger partial charge in [-0.1, -0.05) is 28.4 Å². The second-order valence-corrected chi connectivity index (χ2v) is 4.65. The summed E-state index contributed by atoms with van der Waals surface area (Å²) in [5.41, 5.74) is 5.55. The number of oxime groups is 1. The van der Waals surface area contributed by atoms with Gasteiger partial charge in [0.2, 0.25) is 5.91 Å². The molecule has 0 atom stereocenters. The predicted molar refractivity (Wildman–Crippen MR) is 70.8 cm³/mol. The quantitative estimate of drug-likeness (QED) is 0.260. The molecule has 0 heterocycles. The van der Waals surface area contributed by atoms with Gasteiger partial charge in [0.1, 0.15) is 5.84 Å². The number of nitrogens with one attached hydrogen (secondary N) is 1. The molecule has 0 aliphatic heterocycles. The molecule has 0 aliphatic carbocycles. The molecule has 0 fully saturated rings. The van der Waals surface area contributed by atoms with Gasteiger partial charge in [0.25, 0.3) is 0 Å². The van der Waals surface area contributed by atoms with Crippen molar-refractivity contribution in [2.75, 3.05) is 5.32 Å². The molecule has 92 valence electrons. The number of nitrogens with two attached hydrogens (primary N) is 1. The number of benzene rings is 1. The average molecular weight is 341 g/mol. The van der Waals surface area contributed by atoms with Gasteiger partial charge < -0.3 is 16.3 Å². The van der Waals surface area contributed by atoms with E-state index in [1.165, 1.54) is 0 Å². The summed E-state index contributed by atoms with van der Waals surface area (Å²) in [6, 6.07) is 3.23.